The SMILES string of the molecule is Cc1cc(Cc2cc(C)[nH]n2)nc(-c2ccc(C(=O)N[C@@H](C)c3ccc(-n4cc(C(C)F)cn4)nc3)nc2)n1. The van der Waals surface area contributed by atoms with E-state index in [9.17, 15) is 9.18 Å². The molecule has 1 amide bonds. The monoisotopic (exact) mass is 525 g/mol. The van der Waals surface area contributed by atoms with Crippen molar-refractivity contribution in [2.45, 2.75) is 46.3 Å². The van der Waals surface area contributed by atoms with Gasteiger partial charge in [0.1, 0.15) is 11.9 Å². The van der Waals surface area contributed by atoms with Crippen molar-refractivity contribution in [3.8, 4) is 17.2 Å². The van der Waals surface area contributed by atoms with Crippen molar-refractivity contribution in [1.29, 1.82) is 0 Å². The number of carbonyl (C=O) groups excluding carboxylic acids is 1. The predicted molar refractivity (Wildman–Crippen MR) is 143 cm³/mol. The van der Waals surface area contributed by atoms with Crippen LogP contribution in [0.25, 0.3) is 17.2 Å². The van der Waals surface area contributed by atoms with Gasteiger partial charge in [-0.25, -0.2) is 24.0 Å². The van der Waals surface area contributed by atoms with Crippen molar-refractivity contribution in [3.05, 3.63) is 101 Å². The number of amides is 1. The summed E-state index contributed by atoms with van der Waals surface area (Å²) >= 11 is 0. The van der Waals surface area contributed by atoms with E-state index in [4.69, 9.17) is 0 Å². The van der Waals surface area contributed by atoms with Gasteiger partial charge in [-0.15, -0.1) is 0 Å². The van der Waals surface area contributed by atoms with Gasteiger partial charge in [0.25, 0.3) is 5.91 Å². The number of aryl methyl sites for hydroxylation is 2. The normalized spacial score (nSPS) is 12.7. The lowest BCUT2D eigenvalue weighted by Gasteiger charge is -2.14. The molecule has 0 aliphatic rings. The molecule has 0 saturated heterocycles. The third kappa shape index (κ3) is 6.03. The highest BCUT2D eigenvalue weighted by atomic mass is 19.1. The topological polar surface area (TPSA) is 127 Å². The van der Waals surface area contributed by atoms with E-state index in [2.05, 4.69) is 40.5 Å². The Morgan fingerprint density at radius 2 is 1.85 bits per heavy atom. The van der Waals surface area contributed by atoms with Gasteiger partial charge in [0, 0.05) is 47.5 Å². The van der Waals surface area contributed by atoms with Crippen molar-refractivity contribution in [1.82, 2.24) is 45.2 Å². The van der Waals surface area contributed by atoms with E-state index in [1.165, 1.54) is 17.8 Å². The Morgan fingerprint density at radius 1 is 1.00 bits per heavy atom. The number of hydrogen-bond donors (Lipinski definition) is 2. The van der Waals surface area contributed by atoms with Gasteiger partial charge in [-0.05, 0) is 63.6 Å². The van der Waals surface area contributed by atoms with Crippen LogP contribution in [0.5, 0.6) is 0 Å². The number of aromatic nitrogens is 8. The average molecular weight is 526 g/mol. The summed E-state index contributed by atoms with van der Waals surface area (Å²) in [5.74, 6) is 0.787. The van der Waals surface area contributed by atoms with E-state index in [0.717, 1.165) is 28.3 Å². The summed E-state index contributed by atoms with van der Waals surface area (Å²) in [5.41, 5.74) is 5.87. The molecule has 0 aliphatic heterocycles. The molecule has 5 aromatic rings. The Labute approximate surface area is 224 Å². The van der Waals surface area contributed by atoms with E-state index in [-0.39, 0.29) is 17.6 Å². The van der Waals surface area contributed by atoms with Gasteiger partial charge in [0.2, 0.25) is 0 Å². The molecule has 5 heterocycles. The second kappa shape index (κ2) is 10.9. The van der Waals surface area contributed by atoms with E-state index in [0.29, 0.717) is 29.2 Å². The second-order valence-electron chi connectivity index (χ2n) is 9.45. The molecule has 0 aliphatic carbocycles. The number of nitrogens with zero attached hydrogens (tertiary/aromatic N) is 7. The first kappa shape index (κ1) is 25.8. The molecule has 5 aromatic heterocycles. The van der Waals surface area contributed by atoms with Gasteiger partial charge in [-0.3, -0.25) is 14.9 Å². The predicted octanol–water partition coefficient (Wildman–Crippen LogP) is 4.57. The van der Waals surface area contributed by atoms with Crippen LogP contribution in [0.3, 0.4) is 0 Å². The van der Waals surface area contributed by atoms with E-state index < -0.39 is 6.17 Å². The van der Waals surface area contributed by atoms with Gasteiger partial charge in [0.15, 0.2) is 11.6 Å². The molecular weight excluding hydrogens is 497 g/mol. The maximum Gasteiger partial charge on any atom is 0.270 e. The molecule has 0 fully saturated rings. The van der Waals surface area contributed by atoms with Crippen LogP contribution in [0.4, 0.5) is 4.39 Å². The number of nitrogens with one attached hydrogen (secondary N) is 2. The number of pyridine rings is 2. The highest BCUT2D eigenvalue weighted by molar-refractivity contribution is 5.92. The highest BCUT2D eigenvalue weighted by Crippen LogP contribution is 2.19. The zero-order chi connectivity index (χ0) is 27.5. The van der Waals surface area contributed by atoms with Crippen LogP contribution in [0.15, 0.2) is 61.2 Å². The summed E-state index contributed by atoms with van der Waals surface area (Å²) in [6.45, 7) is 7.20. The molecule has 5 rings (SSSR count). The maximum absolute atomic E-state index is 13.5. The first-order valence-electron chi connectivity index (χ1n) is 12.5. The van der Waals surface area contributed by atoms with Crippen molar-refractivity contribution in [3.63, 3.8) is 0 Å². The summed E-state index contributed by atoms with van der Waals surface area (Å²) in [4.78, 5) is 30.8. The fraction of sp³-hybridized carbons (Fsp3) is 0.250. The number of hydrogen-bond acceptors (Lipinski definition) is 7. The van der Waals surface area contributed by atoms with Crippen LogP contribution < -0.4 is 5.32 Å². The molecule has 11 heteroatoms. The molecule has 10 nitrogen and oxygen atoms in total. The van der Waals surface area contributed by atoms with Crippen molar-refractivity contribution in [2.75, 3.05) is 0 Å². The number of aromatic amines is 1. The quantitative estimate of drug-likeness (QED) is 0.304. The maximum atomic E-state index is 13.5. The molecule has 198 valence electrons. The third-order valence-electron chi connectivity index (χ3n) is 6.20. The molecule has 0 aromatic carbocycles. The minimum absolute atomic E-state index is 0.277. The zero-order valence-electron chi connectivity index (χ0n) is 22.1. The minimum atomic E-state index is -1.10. The van der Waals surface area contributed by atoms with Crippen LogP contribution in [0.2, 0.25) is 0 Å². The van der Waals surface area contributed by atoms with Crippen LogP contribution in [-0.2, 0) is 6.42 Å². The Balaban J connectivity index is 1.24. The molecule has 2 atom stereocenters. The number of rotatable bonds is 8. The minimum Gasteiger partial charge on any atom is -0.344 e. The summed E-state index contributed by atoms with van der Waals surface area (Å²) in [6, 6.07) is 10.7. The third-order valence-corrected chi connectivity index (χ3v) is 6.20. The molecule has 0 spiro atoms. The van der Waals surface area contributed by atoms with E-state index in [1.54, 1.807) is 36.8 Å². The molecule has 1 unspecified atom stereocenters. The van der Waals surface area contributed by atoms with E-state index in [1.807, 2.05) is 39.0 Å². The van der Waals surface area contributed by atoms with Gasteiger partial charge < -0.3 is 5.32 Å². The van der Waals surface area contributed by atoms with Gasteiger partial charge >= 0.3 is 0 Å². The Hall–Kier alpha value is -4.80. The van der Waals surface area contributed by atoms with Crippen molar-refractivity contribution >= 4 is 5.91 Å². The number of alkyl halides is 1. The van der Waals surface area contributed by atoms with Crippen LogP contribution in [0.1, 0.15) is 70.5 Å². The second-order valence-corrected chi connectivity index (χ2v) is 9.45. The number of carbonyl (C=O) groups is 1. The lowest BCUT2D eigenvalue weighted by atomic mass is 10.1. The summed E-state index contributed by atoms with van der Waals surface area (Å²) in [5, 5.41) is 14.3. The first-order chi connectivity index (χ1) is 18.7. The van der Waals surface area contributed by atoms with E-state index >= 15 is 0 Å². The molecule has 0 radical (unpaired) electrons. The average Bonchev–Trinajstić information content (AvgIpc) is 3.58. The van der Waals surface area contributed by atoms with Gasteiger partial charge in [0.05, 0.1) is 23.6 Å². The van der Waals surface area contributed by atoms with Gasteiger partial charge in [-0.1, -0.05) is 6.07 Å². The largest absolute Gasteiger partial charge is 0.344 e. The summed E-state index contributed by atoms with van der Waals surface area (Å²) in [6.07, 6.45) is 5.83. The summed E-state index contributed by atoms with van der Waals surface area (Å²) < 4.78 is 15.0. The van der Waals surface area contributed by atoms with Gasteiger partial charge in [-0.2, -0.15) is 10.2 Å². The van der Waals surface area contributed by atoms with Crippen molar-refractivity contribution < 1.29 is 9.18 Å². The Kier molecular flexibility index (Phi) is 7.22. The lowest BCUT2D eigenvalue weighted by Crippen LogP contribution is -2.27. The number of H-pyrrole nitrogens is 1. The van der Waals surface area contributed by atoms with Crippen LogP contribution in [-0.4, -0.2) is 45.8 Å². The Bertz CT molecular complexity index is 1590. The molecule has 2 N–H and O–H groups in total. The highest BCUT2D eigenvalue weighted by Gasteiger charge is 2.15. The smallest absolute Gasteiger partial charge is 0.270 e. The molecule has 39 heavy (non-hydrogen) atoms. The fourth-order valence-electron chi connectivity index (χ4n) is 4.07. The standard InChI is InChI=1S/C28H28FN9O/c1-16-9-23(11-24-10-17(2)36-37-24)35-27(33-16)21-5-7-25(30-13-21)28(39)34-19(4)20-6-8-26(31-12-20)38-15-22(14-32-38)18(3)29/h5-10,12-15,18-19H,11H2,1-4H3,(H,34,39)(H,36,37)/t18?,19-/m0/s1. The lowest BCUT2D eigenvalue weighted by molar-refractivity contribution is 0.0935. The van der Waals surface area contributed by atoms with Crippen molar-refractivity contribution in [2.24, 2.45) is 0 Å². The molecule has 0 bridgehead atoms. The van der Waals surface area contributed by atoms with Crippen LogP contribution in [0, 0.1) is 13.8 Å². The summed E-state index contributed by atoms with van der Waals surface area (Å²) in [7, 11) is 0. The molecular formula is C28H28FN9O. The fourth-order valence-corrected chi connectivity index (χ4v) is 4.07. The van der Waals surface area contributed by atoms with Crippen LogP contribution >= 0.6 is 0 Å². The zero-order valence-corrected chi connectivity index (χ0v) is 22.1. The first-order valence-corrected chi connectivity index (χ1v) is 12.5. The Morgan fingerprint density at radius 3 is 2.49 bits per heavy atom. The number of halogens is 1. The molecule has 0 saturated carbocycles.